The Bertz CT molecular complexity index is 498. The van der Waals surface area contributed by atoms with Gasteiger partial charge >= 0.3 is 11.9 Å². The molecule has 0 aromatic heterocycles. The van der Waals surface area contributed by atoms with Crippen molar-refractivity contribution >= 4 is 11.9 Å². The molecule has 0 aliphatic carbocycles. The van der Waals surface area contributed by atoms with Crippen molar-refractivity contribution in [2.24, 2.45) is 0 Å². The van der Waals surface area contributed by atoms with Crippen LogP contribution < -0.4 is 0 Å². The van der Waals surface area contributed by atoms with Crippen molar-refractivity contribution in [2.75, 3.05) is 19.6 Å². The lowest BCUT2D eigenvalue weighted by molar-refractivity contribution is 0.0696. The zero-order valence-electron chi connectivity index (χ0n) is 11.8. The van der Waals surface area contributed by atoms with E-state index < -0.39 is 11.9 Å². The molecule has 1 saturated heterocycles. The lowest BCUT2D eigenvalue weighted by Crippen LogP contribution is -2.29. The van der Waals surface area contributed by atoms with Gasteiger partial charge in [-0.2, -0.15) is 0 Å². The molecule has 0 unspecified atom stereocenters. The number of carboxylic acid groups (broad SMARTS) is 2. The second-order valence-corrected chi connectivity index (χ2v) is 4.73. The van der Waals surface area contributed by atoms with Gasteiger partial charge in [0.1, 0.15) is 0 Å². The summed E-state index contributed by atoms with van der Waals surface area (Å²) in [5.41, 5.74) is -0.0372. The lowest BCUT2D eigenvalue weighted by atomic mass is 10.1. The Morgan fingerprint density at radius 2 is 1.62 bits per heavy atom. The molecule has 0 amide bonds. The fraction of sp³-hybridized carbons (Fsp3) is 0.375. The van der Waals surface area contributed by atoms with Crippen molar-refractivity contribution in [2.45, 2.75) is 19.3 Å². The second-order valence-electron chi connectivity index (χ2n) is 4.73. The van der Waals surface area contributed by atoms with Crippen molar-refractivity contribution in [3.8, 4) is 12.3 Å². The van der Waals surface area contributed by atoms with E-state index in [0.29, 0.717) is 0 Å². The first-order chi connectivity index (χ1) is 10.0. The van der Waals surface area contributed by atoms with Gasteiger partial charge in [0.25, 0.3) is 0 Å². The molecule has 0 atom stereocenters. The number of hydrogen-bond donors (Lipinski definition) is 2. The molecule has 0 spiro atoms. The van der Waals surface area contributed by atoms with Crippen LogP contribution in [0.4, 0.5) is 0 Å². The van der Waals surface area contributed by atoms with Gasteiger partial charge in [-0.15, -0.1) is 6.42 Å². The summed E-state index contributed by atoms with van der Waals surface area (Å²) in [7, 11) is 0. The fourth-order valence-corrected chi connectivity index (χ4v) is 2.03. The predicted octanol–water partition coefficient (Wildman–Crippen LogP) is 2.19. The van der Waals surface area contributed by atoms with E-state index in [1.165, 1.54) is 50.6 Å². The van der Waals surface area contributed by atoms with Gasteiger partial charge in [0.15, 0.2) is 0 Å². The van der Waals surface area contributed by atoms with Crippen LogP contribution in [0.1, 0.15) is 40.0 Å². The number of aromatic carboxylic acids is 2. The van der Waals surface area contributed by atoms with E-state index in [1.807, 2.05) is 0 Å². The number of carboxylic acids is 2. The van der Waals surface area contributed by atoms with Crippen molar-refractivity contribution in [1.29, 1.82) is 0 Å². The van der Waals surface area contributed by atoms with Gasteiger partial charge in [0, 0.05) is 0 Å². The zero-order chi connectivity index (χ0) is 15.7. The molecule has 112 valence electrons. The van der Waals surface area contributed by atoms with E-state index in [2.05, 4.69) is 10.8 Å². The summed E-state index contributed by atoms with van der Waals surface area (Å²) in [6.07, 6.45) is 9.23. The Morgan fingerprint density at radius 3 is 2.05 bits per heavy atom. The summed E-state index contributed by atoms with van der Waals surface area (Å²) in [6.45, 7) is 3.27. The fourth-order valence-electron chi connectivity index (χ4n) is 2.03. The molecule has 0 radical (unpaired) electrons. The number of rotatable bonds is 3. The number of terminal acetylenes is 1. The molecule has 1 aromatic carbocycles. The highest BCUT2D eigenvalue weighted by atomic mass is 16.4. The molecule has 0 bridgehead atoms. The SMILES string of the molecule is C#CCN1CCCCC1.O=C(O)c1cccc(C(=O)O)c1. The van der Waals surface area contributed by atoms with Gasteiger partial charge in [0.05, 0.1) is 17.7 Å². The maximum absolute atomic E-state index is 10.4. The zero-order valence-corrected chi connectivity index (χ0v) is 11.8. The third kappa shape index (κ3) is 6.11. The maximum Gasteiger partial charge on any atom is 0.335 e. The Balaban J connectivity index is 0.000000219. The van der Waals surface area contributed by atoms with Crippen molar-refractivity contribution in [3.05, 3.63) is 35.4 Å². The van der Waals surface area contributed by atoms with Crippen LogP contribution in [0.25, 0.3) is 0 Å². The minimum Gasteiger partial charge on any atom is -0.478 e. The molecule has 2 rings (SSSR count). The van der Waals surface area contributed by atoms with Crippen molar-refractivity contribution in [3.63, 3.8) is 0 Å². The maximum atomic E-state index is 10.4. The predicted molar refractivity (Wildman–Crippen MR) is 79.5 cm³/mol. The quantitative estimate of drug-likeness (QED) is 0.834. The van der Waals surface area contributed by atoms with E-state index in [1.54, 1.807) is 0 Å². The van der Waals surface area contributed by atoms with Crippen LogP contribution in [0.5, 0.6) is 0 Å². The molecule has 1 fully saturated rings. The van der Waals surface area contributed by atoms with Crippen LogP contribution in [-0.2, 0) is 0 Å². The summed E-state index contributed by atoms with van der Waals surface area (Å²) >= 11 is 0. The first-order valence-corrected chi connectivity index (χ1v) is 6.77. The molecule has 1 heterocycles. The Hall–Kier alpha value is -2.32. The van der Waals surface area contributed by atoms with Crippen molar-refractivity contribution in [1.82, 2.24) is 4.90 Å². The van der Waals surface area contributed by atoms with Crippen LogP contribution in [0.15, 0.2) is 24.3 Å². The summed E-state index contributed by atoms with van der Waals surface area (Å²) in [5.74, 6) is 0.410. The van der Waals surface area contributed by atoms with Gasteiger partial charge < -0.3 is 10.2 Å². The van der Waals surface area contributed by atoms with E-state index in [-0.39, 0.29) is 11.1 Å². The van der Waals surface area contributed by atoms with Crippen LogP contribution in [0.3, 0.4) is 0 Å². The molecule has 21 heavy (non-hydrogen) atoms. The number of hydrogen-bond acceptors (Lipinski definition) is 3. The molecule has 0 saturated carbocycles. The minimum absolute atomic E-state index is 0.0186. The molecule has 2 N–H and O–H groups in total. The van der Waals surface area contributed by atoms with E-state index in [0.717, 1.165) is 12.6 Å². The molecular formula is C16H19NO4. The first kappa shape index (κ1) is 16.7. The van der Waals surface area contributed by atoms with Gasteiger partial charge in [-0.3, -0.25) is 4.90 Å². The highest BCUT2D eigenvalue weighted by Crippen LogP contribution is 2.07. The van der Waals surface area contributed by atoms with Crippen molar-refractivity contribution < 1.29 is 19.8 Å². The second kappa shape index (κ2) is 8.77. The monoisotopic (exact) mass is 289 g/mol. The topological polar surface area (TPSA) is 77.8 Å². The lowest BCUT2D eigenvalue weighted by Gasteiger charge is -2.23. The first-order valence-electron chi connectivity index (χ1n) is 6.77. The highest BCUT2D eigenvalue weighted by molar-refractivity contribution is 5.93. The number of likely N-dealkylation sites (tertiary alicyclic amines) is 1. The number of piperidine rings is 1. The highest BCUT2D eigenvalue weighted by Gasteiger charge is 2.07. The Kier molecular flexibility index (Phi) is 6.99. The summed E-state index contributed by atoms with van der Waals surface area (Å²) in [5, 5.41) is 17.0. The normalized spacial score (nSPS) is 14.4. The standard InChI is InChI=1S/C8H13N.C8H6O4/c1-2-6-9-7-4-3-5-8-9;9-7(10)5-2-1-3-6(4-5)8(11)12/h1H,3-8H2;1-4H,(H,9,10)(H,11,12). The van der Waals surface area contributed by atoms with Gasteiger partial charge in [0.2, 0.25) is 0 Å². The van der Waals surface area contributed by atoms with E-state index in [4.69, 9.17) is 16.6 Å². The molecule has 1 aliphatic heterocycles. The largest absolute Gasteiger partial charge is 0.478 e. The van der Waals surface area contributed by atoms with Gasteiger partial charge in [-0.1, -0.05) is 18.4 Å². The van der Waals surface area contributed by atoms with Crippen LogP contribution in [-0.4, -0.2) is 46.7 Å². The third-order valence-corrected chi connectivity index (χ3v) is 3.12. The molecular weight excluding hydrogens is 270 g/mol. The number of benzene rings is 1. The molecule has 5 heteroatoms. The van der Waals surface area contributed by atoms with E-state index in [9.17, 15) is 9.59 Å². The number of nitrogens with zero attached hydrogens (tertiary/aromatic N) is 1. The summed E-state index contributed by atoms with van der Waals surface area (Å²) in [4.78, 5) is 23.1. The molecule has 1 aliphatic rings. The minimum atomic E-state index is -1.13. The average molecular weight is 289 g/mol. The molecule has 5 nitrogen and oxygen atoms in total. The van der Waals surface area contributed by atoms with Crippen LogP contribution in [0, 0.1) is 12.3 Å². The Morgan fingerprint density at radius 1 is 1.10 bits per heavy atom. The van der Waals surface area contributed by atoms with Gasteiger partial charge in [-0.05, 0) is 44.1 Å². The van der Waals surface area contributed by atoms with Gasteiger partial charge in [-0.25, -0.2) is 9.59 Å². The van der Waals surface area contributed by atoms with Crippen LogP contribution >= 0.6 is 0 Å². The van der Waals surface area contributed by atoms with Crippen LogP contribution in [0.2, 0.25) is 0 Å². The molecule has 1 aromatic rings. The third-order valence-electron chi connectivity index (χ3n) is 3.12. The summed E-state index contributed by atoms with van der Waals surface area (Å²) in [6, 6.07) is 5.20. The number of carbonyl (C=O) groups is 2. The Labute approximate surface area is 124 Å². The average Bonchev–Trinajstić information content (AvgIpc) is 2.49. The smallest absolute Gasteiger partial charge is 0.335 e. The van der Waals surface area contributed by atoms with E-state index >= 15 is 0 Å². The summed E-state index contributed by atoms with van der Waals surface area (Å²) < 4.78 is 0.